The molecule has 0 saturated carbocycles. The summed E-state index contributed by atoms with van der Waals surface area (Å²) in [6.07, 6.45) is 0.745. The van der Waals surface area contributed by atoms with Crippen molar-refractivity contribution in [1.82, 2.24) is 14.7 Å². The topological polar surface area (TPSA) is 28.2 Å². The standard InChI is InChI=1S/C17H35N3O2/c1-14-12-21-16(3)10-19(14)8-6-18(5)7-9-20-11-17(4)22-13-15(20)2/h14-17H,6-13H2,1-5H3/t14-,15+,16-,17+. The van der Waals surface area contributed by atoms with Gasteiger partial charge in [-0.25, -0.2) is 0 Å². The van der Waals surface area contributed by atoms with Gasteiger partial charge < -0.3 is 14.4 Å². The Labute approximate surface area is 136 Å². The summed E-state index contributed by atoms with van der Waals surface area (Å²) < 4.78 is 11.4. The Hall–Kier alpha value is -0.200. The molecule has 22 heavy (non-hydrogen) atoms. The maximum Gasteiger partial charge on any atom is 0.0674 e. The fourth-order valence-corrected chi connectivity index (χ4v) is 3.28. The minimum atomic E-state index is 0.372. The molecule has 2 aliphatic heterocycles. The Morgan fingerprint density at radius 2 is 1.23 bits per heavy atom. The molecule has 2 fully saturated rings. The maximum atomic E-state index is 5.70. The van der Waals surface area contributed by atoms with Crippen LogP contribution in [-0.4, -0.2) is 98.5 Å². The first-order valence-electron chi connectivity index (χ1n) is 8.85. The Morgan fingerprint density at radius 3 is 1.64 bits per heavy atom. The molecule has 5 heteroatoms. The fourth-order valence-electron chi connectivity index (χ4n) is 3.28. The summed E-state index contributed by atoms with van der Waals surface area (Å²) in [5, 5.41) is 0. The number of ether oxygens (including phenoxy) is 2. The van der Waals surface area contributed by atoms with Crippen LogP contribution in [-0.2, 0) is 9.47 Å². The summed E-state index contributed by atoms with van der Waals surface area (Å²) in [5.74, 6) is 0. The third-order valence-corrected chi connectivity index (χ3v) is 5.01. The lowest BCUT2D eigenvalue weighted by Gasteiger charge is -2.39. The molecule has 0 N–H and O–H groups in total. The van der Waals surface area contributed by atoms with Gasteiger partial charge in [0.15, 0.2) is 0 Å². The maximum absolute atomic E-state index is 5.70. The van der Waals surface area contributed by atoms with Crippen LogP contribution < -0.4 is 0 Å². The second kappa shape index (κ2) is 8.60. The van der Waals surface area contributed by atoms with Crippen LogP contribution in [0.1, 0.15) is 27.7 Å². The van der Waals surface area contributed by atoms with E-state index in [9.17, 15) is 0 Å². The zero-order valence-electron chi connectivity index (χ0n) is 15.1. The highest BCUT2D eigenvalue weighted by Crippen LogP contribution is 2.12. The normalized spacial score (nSPS) is 35.2. The van der Waals surface area contributed by atoms with Crippen molar-refractivity contribution >= 4 is 0 Å². The zero-order chi connectivity index (χ0) is 16.1. The van der Waals surface area contributed by atoms with Crippen LogP contribution in [0.25, 0.3) is 0 Å². The number of hydrogen-bond acceptors (Lipinski definition) is 5. The van der Waals surface area contributed by atoms with Gasteiger partial charge in [0.2, 0.25) is 0 Å². The van der Waals surface area contributed by atoms with E-state index in [1.54, 1.807) is 0 Å². The van der Waals surface area contributed by atoms with Gasteiger partial charge in [-0.3, -0.25) is 9.80 Å². The highest BCUT2D eigenvalue weighted by molar-refractivity contribution is 4.78. The van der Waals surface area contributed by atoms with Gasteiger partial charge in [0.25, 0.3) is 0 Å². The van der Waals surface area contributed by atoms with Gasteiger partial charge in [0, 0.05) is 51.4 Å². The number of hydrogen-bond donors (Lipinski definition) is 0. The molecule has 0 spiro atoms. The molecule has 130 valence electrons. The first-order chi connectivity index (χ1) is 10.5. The summed E-state index contributed by atoms with van der Waals surface area (Å²) in [7, 11) is 2.24. The Balaban J connectivity index is 1.66. The second-order valence-electron chi connectivity index (χ2n) is 7.28. The van der Waals surface area contributed by atoms with E-state index in [1.165, 1.54) is 0 Å². The summed E-state index contributed by atoms with van der Waals surface area (Å²) in [4.78, 5) is 7.58. The minimum Gasteiger partial charge on any atom is -0.376 e. The molecular weight excluding hydrogens is 278 g/mol. The lowest BCUT2D eigenvalue weighted by Crippen LogP contribution is -2.51. The molecular formula is C17H35N3O2. The van der Waals surface area contributed by atoms with Crippen molar-refractivity contribution in [3.63, 3.8) is 0 Å². The van der Waals surface area contributed by atoms with Crippen LogP contribution >= 0.6 is 0 Å². The zero-order valence-corrected chi connectivity index (χ0v) is 15.1. The molecule has 2 saturated heterocycles. The molecule has 0 aromatic heterocycles. The van der Waals surface area contributed by atoms with Crippen LogP contribution in [0.15, 0.2) is 0 Å². The van der Waals surface area contributed by atoms with Crippen molar-refractivity contribution in [3.8, 4) is 0 Å². The first kappa shape index (κ1) is 18.1. The molecule has 2 aliphatic rings. The van der Waals surface area contributed by atoms with E-state index in [4.69, 9.17) is 9.47 Å². The van der Waals surface area contributed by atoms with Gasteiger partial charge in [0.1, 0.15) is 0 Å². The predicted octanol–water partition coefficient (Wildman–Crippen LogP) is 1.14. The van der Waals surface area contributed by atoms with Crippen LogP contribution in [0, 0.1) is 0 Å². The quantitative estimate of drug-likeness (QED) is 0.733. The Morgan fingerprint density at radius 1 is 0.818 bits per heavy atom. The molecule has 0 unspecified atom stereocenters. The van der Waals surface area contributed by atoms with Crippen molar-refractivity contribution in [3.05, 3.63) is 0 Å². The Kier molecular flexibility index (Phi) is 7.09. The van der Waals surface area contributed by atoms with E-state index >= 15 is 0 Å². The molecule has 4 atom stereocenters. The van der Waals surface area contributed by atoms with Crippen molar-refractivity contribution in [2.45, 2.75) is 52.0 Å². The van der Waals surface area contributed by atoms with Crippen molar-refractivity contribution in [1.29, 1.82) is 0 Å². The lowest BCUT2D eigenvalue weighted by atomic mass is 10.2. The lowest BCUT2D eigenvalue weighted by molar-refractivity contribution is -0.0552. The monoisotopic (exact) mass is 313 g/mol. The fraction of sp³-hybridized carbons (Fsp3) is 1.00. The second-order valence-corrected chi connectivity index (χ2v) is 7.28. The highest BCUT2D eigenvalue weighted by Gasteiger charge is 2.24. The van der Waals surface area contributed by atoms with E-state index < -0.39 is 0 Å². The van der Waals surface area contributed by atoms with E-state index in [0.29, 0.717) is 24.3 Å². The molecule has 5 nitrogen and oxygen atoms in total. The predicted molar refractivity (Wildman–Crippen MR) is 90.4 cm³/mol. The molecule has 0 amide bonds. The number of rotatable bonds is 6. The third kappa shape index (κ3) is 5.46. The summed E-state index contributed by atoms with van der Waals surface area (Å²) in [6.45, 7) is 17.3. The van der Waals surface area contributed by atoms with Gasteiger partial charge in [-0.1, -0.05) is 0 Å². The highest BCUT2D eigenvalue weighted by atomic mass is 16.5. The smallest absolute Gasteiger partial charge is 0.0674 e. The number of nitrogens with zero attached hydrogens (tertiary/aromatic N) is 3. The molecule has 0 aromatic rings. The average molecular weight is 313 g/mol. The van der Waals surface area contributed by atoms with Gasteiger partial charge >= 0.3 is 0 Å². The Bertz CT molecular complexity index is 299. The molecule has 0 bridgehead atoms. The van der Waals surface area contributed by atoms with Crippen molar-refractivity contribution in [2.24, 2.45) is 0 Å². The average Bonchev–Trinajstić information content (AvgIpc) is 2.49. The van der Waals surface area contributed by atoms with Gasteiger partial charge in [-0.05, 0) is 34.7 Å². The molecule has 0 radical (unpaired) electrons. The van der Waals surface area contributed by atoms with Crippen LogP contribution in [0.3, 0.4) is 0 Å². The first-order valence-corrected chi connectivity index (χ1v) is 8.85. The minimum absolute atomic E-state index is 0.372. The van der Waals surface area contributed by atoms with Crippen LogP contribution in [0.5, 0.6) is 0 Å². The van der Waals surface area contributed by atoms with E-state index in [2.05, 4.69) is 49.4 Å². The van der Waals surface area contributed by atoms with E-state index in [-0.39, 0.29) is 0 Å². The van der Waals surface area contributed by atoms with Crippen molar-refractivity contribution < 1.29 is 9.47 Å². The summed E-state index contributed by atoms with van der Waals surface area (Å²) in [6, 6.07) is 1.09. The number of likely N-dealkylation sites (N-methyl/N-ethyl adjacent to an activating group) is 1. The third-order valence-electron chi connectivity index (χ3n) is 5.01. The summed E-state index contributed by atoms with van der Waals surface area (Å²) >= 11 is 0. The molecule has 2 rings (SSSR count). The van der Waals surface area contributed by atoms with E-state index in [0.717, 1.165) is 52.5 Å². The van der Waals surface area contributed by atoms with Crippen LogP contribution in [0.4, 0.5) is 0 Å². The van der Waals surface area contributed by atoms with Gasteiger partial charge in [0.05, 0.1) is 25.4 Å². The largest absolute Gasteiger partial charge is 0.376 e. The SMILES string of the molecule is C[C@@H]1CN(CCN(C)CCN2C[C@H](C)OC[C@@H]2C)[C@H](C)CO1. The molecule has 0 aromatic carbocycles. The van der Waals surface area contributed by atoms with E-state index in [1.807, 2.05) is 0 Å². The summed E-state index contributed by atoms with van der Waals surface area (Å²) in [5.41, 5.74) is 0. The van der Waals surface area contributed by atoms with Crippen molar-refractivity contribution in [2.75, 3.05) is 59.5 Å². The van der Waals surface area contributed by atoms with Gasteiger partial charge in [-0.15, -0.1) is 0 Å². The van der Waals surface area contributed by atoms with Crippen LogP contribution in [0.2, 0.25) is 0 Å². The molecule has 0 aliphatic carbocycles. The molecule has 2 heterocycles. The number of morpholine rings is 2. The van der Waals surface area contributed by atoms with Gasteiger partial charge in [-0.2, -0.15) is 0 Å².